The van der Waals surface area contributed by atoms with Gasteiger partial charge in [0.05, 0.1) is 16.4 Å². The van der Waals surface area contributed by atoms with Gasteiger partial charge < -0.3 is 5.11 Å². The molecule has 0 unspecified atom stereocenters. The fourth-order valence-corrected chi connectivity index (χ4v) is 1.37. The van der Waals surface area contributed by atoms with Gasteiger partial charge in [-0.1, -0.05) is 11.6 Å². The summed E-state index contributed by atoms with van der Waals surface area (Å²) in [5, 5.41) is 13.0. The lowest BCUT2D eigenvalue weighted by atomic mass is 10.3. The standard InChI is InChI=1S/C8H7ClN4O2/c1-3-5(9)4(2)13-8(10-3)11-6(12-13)7(14)15/h1-2H3,(H,14,15). The van der Waals surface area contributed by atoms with Gasteiger partial charge in [-0.25, -0.2) is 9.78 Å². The highest BCUT2D eigenvalue weighted by Gasteiger charge is 2.15. The Kier molecular flexibility index (Phi) is 2.08. The molecule has 0 saturated carbocycles. The monoisotopic (exact) mass is 226 g/mol. The van der Waals surface area contributed by atoms with Gasteiger partial charge in [0.1, 0.15) is 0 Å². The Morgan fingerprint density at radius 1 is 1.40 bits per heavy atom. The number of aromatic nitrogens is 4. The molecule has 7 heteroatoms. The Morgan fingerprint density at radius 2 is 2.07 bits per heavy atom. The molecular weight excluding hydrogens is 220 g/mol. The third-order valence-corrected chi connectivity index (χ3v) is 2.55. The van der Waals surface area contributed by atoms with Crippen LogP contribution in [0, 0.1) is 13.8 Å². The van der Waals surface area contributed by atoms with Crippen LogP contribution in [0.4, 0.5) is 0 Å². The summed E-state index contributed by atoms with van der Waals surface area (Å²) in [5.41, 5.74) is 1.23. The minimum Gasteiger partial charge on any atom is -0.475 e. The van der Waals surface area contributed by atoms with Crippen molar-refractivity contribution in [3.63, 3.8) is 0 Å². The van der Waals surface area contributed by atoms with Gasteiger partial charge in [-0.2, -0.15) is 9.50 Å². The molecule has 6 nitrogen and oxygen atoms in total. The number of halogens is 1. The third-order valence-electron chi connectivity index (χ3n) is 2.00. The maximum absolute atomic E-state index is 10.7. The van der Waals surface area contributed by atoms with Gasteiger partial charge in [0, 0.05) is 0 Å². The van der Waals surface area contributed by atoms with Gasteiger partial charge in [-0.05, 0) is 13.8 Å². The molecule has 0 aliphatic rings. The Labute approximate surface area is 89.5 Å². The number of fused-ring (bicyclic) bond motifs is 1. The van der Waals surface area contributed by atoms with Gasteiger partial charge in [-0.3, -0.25) is 0 Å². The van der Waals surface area contributed by atoms with Crippen molar-refractivity contribution >= 4 is 23.3 Å². The molecule has 0 aliphatic heterocycles. The first-order valence-corrected chi connectivity index (χ1v) is 4.51. The zero-order valence-electron chi connectivity index (χ0n) is 8.02. The van der Waals surface area contributed by atoms with Gasteiger partial charge in [0.2, 0.25) is 0 Å². The molecule has 2 aromatic rings. The lowest BCUT2D eigenvalue weighted by Gasteiger charge is -2.02. The molecule has 1 N–H and O–H groups in total. The summed E-state index contributed by atoms with van der Waals surface area (Å²) in [5.74, 6) is -1.23. The summed E-state index contributed by atoms with van der Waals surface area (Å²) in [7, 11) is 0. The van der Waals surface area contributed by atoms with E-state index in [0.29, 0.717) is 16.4 Å². The number of aryl methyl sites for hydroxylation is 2. The molecule has 0 fully saturated rings. The normalized spacial score (nSPS) is 10.9. The van der Waals surface area contributed by atoms with Crippen LogP contribution in [0.1, 0.15) is 22.0 Å². The fourth-order valence-electron chi connectivity index (χ4n) is 1.25. The molecular formula is C8H7ClN4O2. The highest BCUT2D eigenvalue weighted by atomic mass is 35.5. The molecule has 0 aliphatic carbocycles. The van der Waals surface area contributed by atoms with Crippen molar-refractivity contribution in [2.75, 3.05) is 0 Å². The van der Waals surface area contributed by atoms with Crippen LogP contribution in [-0.2, 0) is 0 Å². The van der Waals surface area contributed by atoms with Crippen molar-refractivity contribution in [1.82, 2.24) is 19.6 Å². The Morgan fingerprint density at radius 3 is 2.67 bits per heavy atom. The van der Waals surface area contributed by atoms with Crippen LogP contribution in [-0.4, -0.2) is 30.7 Å². The Bertz CT molecular complexity index is 563. The van der Waals surface area contributed by atoms with Crippen LogP contribution in [0.15, 0.2) is 0 Å². The SMILES string of the molecule is Cc1nc2nc(C(=O)O)nn2c(C)c1Cl. The van der Waals surface area contributed by atoms with Gasteiger partial charge >= 0.3 is 5.97 Å². The van der Waals surface area contributed by atoms with Gasteiger partial charge in [0.25, 0.3) is 11.6 Å². The summed E-state index contributed by atoms with van der Waals surface area (Å²) in [6.45, 7) is 3.45. The van der Waals surface area contributed by atoms with Crippen LogP contribution in [0.2, 0.25) is 5.02 Å². The summed E-state index contributed by atoms with van der Waals surface area (Å²) >= 11 is 5.95. The maximum atomic E-state index is 10.7. The van der Waals surface area contributed by atoms with E-state index in [-0.39, 0.29) is 11.6 Å². The zero-order chi connectivity index (χ0) is 11.2. The first-order valence-electron chi connectivity index (χ1n) is 4.13. The summed E-state index contributed by atoms with van der Waals surface area (Å²) < 4.78 is 1.32. The van der Waals surface area contributed by atoms with Crippen molar-refractivity contribution in [3.05, 3.63) is 22.2 Å². The second kappa shape index (κ2) is 3.16. The molecule has 78 valence electrons. The highest BCUT2D eigenvalue weighted by Crippen LogP contribution is 2.18. The number of rotatable bonds is 1. The number of aromatic carboxylic acids is 1. The smallest absolute Gasteiger partial charge is 0.375 e. The van der Waals surface area contributed by atoms with Crippen LogP contribution >= 0.6 is 11.6 Å². The Balaban J connectivity index is 2.82. The predicted molar refractivity (Wildman–Crippen MR) is 52.2 cm³/mol. The quantitative estimate of drug-likeness (QED) is 0.787. The minimum atomic E-state index is -1.19. The molecule has 0 radical (unpaired) electrons. The number of carboxylic acids is 1. The Hall–Kier alpha value is -1.69. The predicted octanol–water partition coefficient (Wildman–Crippen LogP) is 1.09. The van der Waals surface area contributed by atoms with Crippen molar-refractivity contribution in [1.29, 1.82) is 0 Å². The number of carboxylic acid groups (broad SMARTS) is 1. The van der Waals surface area contributed by atoms with E-state index in [1.807, 2.05) is 0 Å². The largest absolute Gasteiger partial charge is 0.475 e. The summed E-state index contributed by atoms with van der Waals surface area (Å²) in [6.07, 6.45) is 0. The average molecular weight is 227 g/mol. The number of nitrogens with zero attached hydrogens (tertiary/aromatic N) is 4. The molecule has 0 aromatic carbocycles. The molecule has 2 heterocycles. The van der Waals surface area contributed by atoms with E-state index in [0.717, 1.165) is 0 Å². The van der Waals surface area contributed by atoms with Gasteiger partial charge in [-0.15, -0.1) is 5.10 Å². The second-order valence-corrected chi connectivity index (χ2v) is 3.43. The van der Waals surface area contributed by atoms with E-state index in [9.17, 15) is 4.79 Å². The molecule has 0 amide bonds. The van der Waals surface area contributed by atoms with Crippen molar-refractivity contribution in [3.8, 4) is 0 Å². The van der Waals surface area contributed by atoms with Crippen LogP contribution in [0.25, 0.3) is 5.78 Å². The third kappa shape index (κ3) is 1.42. The van der Waals surface area contributed by atoms with Gasteiger partial charge in [0.15, 0.2) is 0 Å². The zero-order valence-corrected chi connectivity index (χ0v) is 8.78. The van der Waals surface area contributed by atoms with E-state index >= 15 is 0 Å². The van der Waals surface area contributed by atoms with Crippen molar-refractivity contribution < 1.29 is 9.90 Å². The first-order chi connectivity index (χ1) is 7.00. The van der Waals surface area contributed by atoms with E-state index in [1.54, 1.807) is 13.8 Å². The lowest BCUT2D eigenvalue weighted by molar-refractivity contribution is 0.0684. The second-order valence-electron chi connectivity index (χ2n) is 3.05. The topological polar surface area (TPSA) is 80.4 Å². The van der Waals surface area contributed by atoms with Crippen molar-refractivity contribution in [2.45, 2.75) is 13.8 Å². The molecule has 0 spiro atoms. The molecule has 0 bridgehead atoms. The molecule has 0 saturated heterocycles. The van der Waals surface area contributed by atoms with E-state index in [4.69, 9.17) is 16.7 Å². The first kappa shape index (κ1) is 9.85. The molecule has 0 atom stereocenters. The molecule has 15 heavy (non-hydrogen) atoms. The number of hydrogen-bond donors (Lipinski definition) is 1. The van der Waals surface area contributed by atoms with Crippen LogP contribution in [0.5, 0.6) is 0 Å². The fraction of sp³-hybridized carbons (Fsp3) is 0.250. The molecule has 2 rings (SSSR count). The van der Waals surface area contributed by atoms with E-state index in [1.165, 1.54) is 4.52 Å². The summed E-state index contributed by atoms with van der Waals surface area (Å²) in [4.78, 5) is 18.4. The lowest BCUT2D eigenvalue weighted by Crippen LogP contribution is -2.01. The number of hydrogen-bond acceptors (Lipinski definition) is 4. The maximum Gasteiger partial charge on any atom is 0.375 e. The highest BCUT2D eigenvalue weighted by molar-refractivity contribution is 6.31. The minimum absolute atomic E-state index is 0.242. The summed E-state index contributed by atoms with van der Waals surface area (Å²) in [6, 6.07) is 0. The van der Waals surface area contributed by atoms with Crippen LogP contribution in [0.3, 0.4) is 0 Å². The molecule has 2 aromatic heterocycles. The number of carbonyl (C=O) groups is 1. The van der Waals surface area contributed by atoms with E-state index < -0.39 is 5.97 Å². The van der Waals surface area contributed by atoms with Crippen LogP contribution < -0.4 is 0 Å². The average Bonchev–Trinajstić information content (AvgIpc) is 2.58. The van der Waals surface area contributed by atoms with Crippen molar-refractivity contribution in [2.24, 2.45) is 0 Å². The van der Waals surface area contributed by atoms with E-state index in [2.05, 4.69) is 15.1 Å².